The molecule has 7 heteroatoms. The maximum atomic E-state index is 11.9. The lowest BCUT2D eigenvalue weighted by Crippen LogP contribution is -2.37. The van der Waals surface area contributed by atoms with Gasteiger partial charge in [-0.05, 0) is 25.0 Å². The third-order valence-corrected chi connectivity index (χ3v) is 5.93. The quantitative estimate of drug-likeness (QED) is 0.905. The van der Waals surface area contributed by atoms with Gasteiger partial charge < -0.3 is 5.32 Å². The van der Waals surface area contributed by atoms with Crippen LogP contribution in [-0.2, 0) is 20.4 Å². The zero-order valence-corrected chi connectivity index (χ0v) is 12.8. The van der Waals surface area contributed by atoms with Crippen LogP contribution in [0.25, 0.3) is 0 Å². The van der Waals surface area contributed by atoms with Gasteiger partial charge in [0.2, 0.25) is 5.91 Å². The Morgan fingerprint density at radius 1 is 1.37 bits per heavy atom. The summed E-state index contributed by atoms with van der Waals surface area (Å²) in [4.78, 5) is 12.4. The van der Waals surface area contributed by atoms with Crippen molar-refractivity contribution in [1.29, 1.82) is 0 Å². The number of nitrogens with one attached hydrogen (secondary N) is 1. The van der Waals surface area contributed by atoms with Crippen molar-refractivity contribution in [3.05, 3.63) is 21.3 Å². The number of amides is 1. The number of sulfone groups is 1. The number of thiophene rings is 1. The van der Waals surface area contributed by atoms with Crippen molar-refractivity contribution in [2.24, 2.45) is 0 Å². The van der Waals surface area contributed by atoms with E-state index >= 15 is 0 Å². The van der Waals surface area contributed by atoms with Crippen molar-refractivity contribution in [2.75, 3.05) is 5.75 Å². The van der Waals surface area contributed by atoms with Gasteiger partial charge in [0, 0.05) is 10.9 Å². The standard InChI is InChI=1S/C12H16ClNO3S2/c13-11-6-5-10(18-11)7-19(16,17)8-12(15)14-9-3-1-2-4-9/h5-6,9H,1-4,7-8H2,(H,14,15). The fourth-order valence-electron chi connectivity index (χ4n) is 2.24. The molecule has 1 N–H and O–H groups in total. The van der Waals surface area contributed by atoms with Crippen LogP contribution in [0.15, 0.2) is 12.1 Å². The number of carbonyl (C=O) groups is 1. The highest BCUT2D eigenvalue weighted by Crippen LogP contribution is 2.23. The molecule has 0 saturated heterocycles. The molecule has 1 saturated carbocycles. The highest BCUT2D eigenvalue weighted by atomic mass is 35.5. The molecule has 106 valence electrons. The van der Waals surface area contributed by atoms with Crippen molar-refractivity contribution in [2.45, 2.75) is 37.5 Å². The summed E-state index contributed by atoms with van der Waals surface area (Å²) in [6.45, 7) is 0. The first kappa shape index (κ1) is 14.8. The van der Waals surface area contributed by atoms with Gasteiger partial charge in [-0.3, -0.25) is 4.79 Å². The van der Waals surface area contributed by atoms with Gasteiger partial charge in [0.05, 0.1) is 10.1 Å². The molecule has 1 fully saturated rings. The highest BCUT2D eigenvalue weighted by molar-refractivity contribution is 7.91. The lowest BCUT2D eigenvalue weighted by molar-refractivity contribution is -0.119. The number of carbonyl (C=O) groups excluding carboxylic acids is 1. The maximum absolute atomic E-state index is 11.9. The van der Waals surface area contributed by atoms with E-state index in [1.807, 2.05) is 0 Å². The second-order valence-corrected chi connectivity index (χ2v) is 8.65. The fraction of sp³-hybridized carbons (Fsp3) is 0.583. The Balaban J connectivity index is 1.87. The van der Waals surface area contributed by atoms with E-state index in [1.54, 1.807) is 12.1 Å². The Morgan fingerprint density at radius 2 is 2.05 bits per heavy atom. The zero-order chi connectivity index (χ0) is 13.9. The molecule has 1 heterocycles. The van der Waals surface area contributed by atoms with E-state index in [0.29, 0.717) is 9.21 Å². The van der Waals surface area contributed by atoms with E-state index in [1.165, 1.54) is 11.3 Å². The lowest BCUT2D eigenvalue weighted by atomic mass is 10.2. The summed E-state index contributed by atoms with van der Waals surface area (Å²) in [7, 11) is -3.42. The third-order valence-electron chi connectivity index (χ3n) is 3.06. The molecular formula is C12H16ClNO3S2. The smallest absolute Gasteiger partial charge is 0.235 e. The molecule has 0 radical (unpaired) electrons. The molecule has 19 heavy (non-hydrogen) atoms. The van der Waals surface area contributed by atoms with Gasteiger partial charge in [0.15, 0.2) is 9.84 Å². The Kier molecular flexibility index (Phi) is 4.86. The van der Waals surface area contributed by atoms with Crippen LogP contribution in [0, 0.1) is 0 Å². The highest BCUT2D eigenvalue weighted by Gasteiger charge is 2.22. The molecule has 0 aromatic carbocycles. The van der Waals surface area contributed by atoms with E-state index in [-0.39, 0.29) is 11.8 Å². The fourth-order valence-corrected chi connectivity index (χ4v) is 5.01. The van der Waals surface area contributed by atoms with Crippen molar-refractivity contribution < 1.29 is 13.2 Å². The van der Waals surface area contributed by atoms with E-state index in [2.05, 4.69) is 5.32 Å². The van der Waals surface area contributed by atoms with E-state index in [4.69, 9.17) is 11.6 Å². The molecule has 1 aromatic heterocycles. The monoisotopic (exact) mass is 321 g/mol. The molecule has 2 rings (SSSR count). The summed E-state index contributed by atoms with van der Waals surface area (Å²) in [6, 6.07) is 3.49. The summed E-state index contributed by atoms with van der Waals surface area (Å²) in [5.41, 5.74) is 0. The molecule has 0 aliphatic heterocycles. The number of rotatable bonds is 5. The van der Waals surface area contributed by atoms with E-state index in [9.17, 15) is 13.2 Å². The maximum Gasteiger partial charge on any atom is 0.235 e. The van der Waals surface area contributed by atoms with Gasteiger partial charge in [-0.2, -0.15) is 0 Å². The minimum absolute atomic E-state index is 0.123. The first-order valence-corrected chi connectivity index (χ1v) is 9.20. The summed E-state index contributed by atoms with van der Waals surface area (Å²) in [6.07, 6.45) is 4.11. The predicted octanol–water partition coefficient (Wildman–Crippen LogP) is 2.38. The molecule has 1 aromatic rings. The molecule has 1 amide bonds. The molecule has 0 bridgehead atoms. The van der Waals surface area contributed by atoms with E-state index in [0.717, 1.165) is 25.7 Å². The molecule has 1 aliphatic rings. The van der Waals surface area contributed by atoms with Crippen LogP contribution in [-0.4, -0.2) is 26.1 Å². The third kappa shape index (κ3) is 4.78. The molecule has 0 atom stereocenters. The van der Waals surface area contributed by atoms with Crippen molar-refractivity contribution in [3.63, 3.8) is 0 Å². The van der Waals surface area contributed by atoms with Crippen LogP contribution >= 0.6 is 22.9 Å². The minimum Gasteiger partial charge on any atom is -0.352 e. The summed E-state index contributed by atoms with van der Waals surface area (Å²) >= 11 is 6.98. The summed E-state index contributed by atoms with van der Waals surface area (Å²) < 4.78 is 24.3. The number of halogens is 1. The van der Waals surface area contributed by atoms with Crippen molar-refractivity contribution in [1.82, 2.24) is 5.32 Å². The summed E-state index contributed by atoms with van der Waals surface area (Å²) in [5.74, 6) is -0.962. The van der Waals surface area contributed by atoms with Crippen LogP contribution in [0.1, 0.15) is 30.6 Å². The molecule has 4 nitrogen and oxygen atoms in total. The second-order valence-electron chi connectivity index (χ2n) is 4.79. The first-order chi connectivity index (χ1) is 8.94. The average Bonchev–Trinajstić information content (AvgIpc) is 2.88. The molecular weight excluding hydrogens is 306 g/mol. The van der Waals surface area contributed by atoms with Crippen molar-refractivity contribution in [3.8, 4) is 0 Å². The topological polar surface area (TPSA) is 63.2 Å². The first-order valence-electron chi connectivity index (χ1n) is 6.19. The average molecular weight is 322 g/mol. The summed E-state index contributed by atoms with van der Waals surface area (Å²) in [5, 5.41) is 2.79. The number of hydrogen-bond donors (Lipinski definition) is 1. The second kappa shape index (κ2) is 6.24. The van der Waals surface area contributed by atoms with Gasteiger partial charge in [-0.15, -0.1) is 11.3 Å². The Labute approximate surface area is 122 Å². The van der Waals surface area contributed by atoms with Gasteiger partial charge in [0.25, 0.3) is 0 Å². The minimum atomic E-state index is -3.42. The van der Waals surface area contributed by atoms with Crippen molar-refractivity contribution >= 4 is 38.7 Å². The Morgan fingerprint density at radius 3 is 2.63 bits per heavy atom. The Hall–Kier alpha value is -0.590. The van der Waals surface area contributed by atoms with Gasteiger partial charge >= 0.3 is 0 Å². The van der Waals surface area contributed by atoms with E-state index < -0.39 is 21.5 Å². The van der Waals surface area contributed by atoms with Gasteiger partial charge in [-0.1, -0.05) is 24.4 Å². The normalized spacial score (nSPS) is 16.7. The predicted molar refractivity (Wildman–Crippen MR) is 77.2 cm³/mol. The molecule has 0 spiro atoms. The molecule has 0 unspecified atom stereocenters. The van der Waals surface area contributed by atoms with Crippen LogP contribution in [0.4, 0.5) is 0 Å². The SMILES string of the molecule is O=C(CS(=O)(=O)Cc1ccc(Cl)s1)NC1CCCC1. The van der Waals surface area contributed by atoms with Crippen LogP contribution < -0.4 is 5.32 Å². The van der Waals surface area contributed by atoms with Gasteiger partial charge in [0.1, 0.15) is 5.75 Å². The van der Waals surface area contributed by atoms with Crippen LogP contribution in [0.5, 0.6) is 0 Å². The molecule has 1 aliphatic carbocycles. The van der Waals surface area contributed by atoms with Crippen LogP contribution in [0.2, 0.25) is 4.34 Å². The van der Waals surface area contributed by atoms with Gasteiger partial charge in [-0.25, -0.2) is 8.42 Å². The number of hydrogen-bond acceptors (Lipinski definition) is 4. The lowest BCUT2D eigenvalue weighted by Gasteiger charge is -2.11. The zero-order valence-electron chi connectivity index (χ0n) is 10.4. The largest absolute Gasteiger partial charge is 0.352 e. The Bertz CT molecular complexity index is 547. The van der Waals surface area contributed by atoms with Crippen LogP contribution in [0.3, 0.4) is 0 Å².